The topological polar surface area (TPSA) is 74.5 Å². The Kier molecular flexibility index (Phi) is 6.74. The fourth-order valence-corrected chi connectivity index (χ4v) is 2.61. The number of furan rings is 1. The number of anilines is 1. The van der Waals surface area contributed by atoms with E-state index in [0.29, 0.717) is 12.4 Å². The van der Waals surface area contributed by atoms with Crippen LogP contribution in [0.3, 0.4) is 0 Å². The fourth-order valence-electron chi connectivity index (χ4n) is 2.61. The highest BCUT2D eigenvalue weighted by Crippen LogP contribution is 2.20. The molecule has 1 N–H and O–H groups in total. The van der Waals surface area contributed by atoms with Crippen molar-refractivity contribution in [2.75, 3.05) is 38.1 Å². The van der Waals surface area contributed by atoms with Crippen LogP contribution in [-0.4, -0.2) is 54.0 Å². The molecule has 0 unspecified atom stereocenters. The molecule has 0 saturated carbocycles. The van der Waals surface area contributed by atoms with Crippen LogP contribution in [-0.2, 0) is 4.79 Å². The first kappa shape index (κ1) is 17.9. The molecule has 1 atom stereocenters. The number of aromatic nitrogens is 2. The fraction of sp³-hybridized carbons (Fsp3) is 0.471. The van der Waals surface area contributed by atoms with Crippen LogP contribution in [0.2, 0.25) is 0 Å². The van der Waals surface area contributed by atoms with Gasteiger partial charge >= 0.3 is 0 Å². The van der Waals surface area contributed by atoms with E-state index in [4.69, 9.17) is 4.42 Å². The Bertz CT molecular complexity index is 599. The summed E-state index contributed by atoms with van der Waals surface area (Å²) in [5.74, 6) is 1.46. The first-order valence-electron chi connectivity index (χ1n) is 8.17. The second kappa shape index (κ2) is 9.02. The smallest absolute Gasteiger partial charge is 0.239 e. The summed E-state index contributed by atoms with van der Waals surface area (Å²) < 4.78 is 5.54. The molecule has 2 heterocycles. The number of amides is 1. The number of carbonyl (C=O) groups is 1. The zero-order valence-corrected chi connectivity index (χ0v) is 14.5. The third kappa shape index (κ3) is 4.79. The molecule has 0 aliphatic rings. The average Bonchev–Trinajstić information content (AvgIpc) is 3.13. The zero-order chi connectivity index (χ0) is 17.4. The summed E-state index contributed by atoms with van der Waals surface area (Å²) in [5.41, 5.74) is 0. The van der Waals surface area contributed by atoms with E-state index in [1.54, 1.807) is 29.8 Å². The summed E-state index contributed by atoms with van der Waals surface area (Å²) in [5, 5.41) is 2.99. The molecule has 0 aliphatic heterocycles. The lowest BCUT2D eigenvalue weighted by molar-refractivity contribution is -0.120. The molecule has 130 valence electrons. The summed E-state index contributed by atoms with van der Waals surface area (Å²) in [6.07, 6.45) is 6.51. The highest BCUT2D eigenvalue weighted by molar-refractivity contribution is 5.80. The van der Waals surface area contributed by atoms with Crippen molar-refractivity contribution in [1.29, 1.82) is 0 Å². The van der Waals surface area contributed by atoms with Gasteiger partial charge in [-0.2, -0.15) is 0 Å². The van der Waals surface area contributed by atoms with Gasteiger partial charge in [-0.05, 0) is 25.2 Å². The standard InChI is InChI=1S/C17H25N5O2/c1-4-22(5-2)14(15-7-6-10-24-15)11-20-17(23)13-21(3)16-12-18-8-9-19-16/h6-10,12,14H,4-5,11,13H2,1-3H3,(H,20,23)/t14-/m1/s1. The van der Waals surface area contributed by atoms with Gasteiger partial charge in [-0.1, -0.05) is 13.8 Å². The highest BCUT2D eigenvalue weighted by atomic mass is 16.3. The van der Waals surface area contributed by atoms with E-state index in [0.717, 1.165) is 18.8 Å². The Morgan fingerprint density at radius 1 is 1.33 bits per heavy atom. The molecule has 0 fully saturated rings. The van der Waals surface area contributed by atoms with Gasteiger partial charge in [-0.25, -0.2) is 4.98 Å². The second-order valence-corrected chi connectivity index (χ2v) is 5.48. The number of hydrogen-bond donors (Lipinski definition) is 1. The van der Waals surface area contributed by atoms with Crippen molar-refractivity contribution in [2.24, 2.45) is 0 Å². The number of carbonyl (C=O) groups excluding carboxylic acids is 1. The summed E-state index contributed by atoms with van der Waals surface area (Å²) in [4.78, 5) is 24.5. The van der Waals surface area contributed by atoms with Crippen molar-refractivity contribution in [2.45, 2.75) is 19.9 Å². The van der Waals surface area contributed by atoms with Gasteiger partial charge in [-0.3, -0.25) is 14.7 Å². The second-order valence-electron chi connectivity index (χ2n) is 5.48. The largest absolute Gasteiger partial charge is 0.468 e. The quantitative estimate of drug-likeness (QED) is 0.754. The molecule has 0 bridgehead atoms. The molecule has 7 nitrogen and oxygen atoms in total. The Morgan fingerprint density at radius 2 is 2.12 bits per heavy atom. The van der Waals surface area contributed by atoms with Gasteiger partial charge in [0.15, 0.2) is 0 Å². The minimum absolute atomic E-state index is 0.0285. The van der Waals surface area contributed by atoms with Crippen LogP contribution in [0, 0.1) is 0 Å². The normalized spacial score (nSPS) is 12.2. The van der Waals surface area contributed by atoms with Crippen LogP contribution in [0.1, 0.15) is 25.6 Å². The molecule has 0 aliphatic carbocycles. The zero-order valence-electron chi connectivity index (χ0n) is 14.5. The Balaban J connectivity index is 1.92. The van der Waals surface area contributed by atoms with Gasteiger partial charge in [0.2, 0.25) is 5.91 Å². The molecule has 2 aromatic rings. The van der Waals surface area contributed by atoms with Crippen LogP contribution in [0.25, 0.3) is 0 Å². The van der Waals surface area contributed by atoms with E-state index in [1.807, 2.05) is 19.2 Å². The molecule has 7 heteroatoms. The molecule has 2 rings (SSSR count). The van der Waals surface area contributed by atoms with E-state index in [9.17, 15) is 4.79 Å². The van der Waals surface area contributed by atoms with Crippen LogP contribution in [0.15, 0.2) is 41.4 Å². The molecular formula is C17H25N5O2. The summed E-state index contributed by atoms with van der Waals surface area (Å²) in [6, 6.07) is 3.84. The number of likely N-dealkylation sites (N-methyl/N-ethyl adjacent to an activating group) is 2. The van der Waals surface area contributed by atoms with E-state index < -0.39 is 0 Å². The van der Waals surface area contributed by atoms with Gasteiger partial charge in [0, 0.05) is 26.0 Å². The predicted molar refractivity (Wildman–Crippen MR) is 92.7 cm³/mol. The molecule has 2 aromatic heterocycles. The SMILES string of the molecule is CCN(CC)[C@H](CNC(=O)CN(C)c1cnccn1)c1ccco1. The van der Waals surface area contributed by atoms with Crippen LogP contribution >= 0.6 is 0 Å². The van der Waals surface area contributed by atoms with E-state index >= 15 is 0 Å². The van der Waals surface area contributed by atoms with Crippen molar-refractivity contribution in [3.8, 4) is 0 Å². The number of hydrogen-bond acceptors (Lipinski definition) is 6. The molecule has 0 spiro atoms. The van der Waals surface area contributed by atoms with Crippen molar-refractivity contribution in [1.82, 2.24) is 20.2 Å². The Morgan fingerprint density at radius 3 is 2.71 bits per heavy atom. The Hall–Kier alpha value is -2.41. The lowest BCUT2D eigenvalue weighted by atomic mass is 10.2. The third-order valence-electron chi connectivity index (χ3n) is 3.94. The molecule has 1 amide bonds. The van der Waals surface area contributed by atoms with E-state index in [2.05, 4.69) is 34.0 Å². The molecule has 0 aromatic carbocycles. The maximum Gasteiger partial charge on any atom is 0.239 e. The maximum atomic E-state index is 12.2. The minimum Gasteiger partial charge on any atom is -0.468 e. The van der Waals surface area contributed by atoms with Gasteiger partial charge < -0.3 is 14.6 Å². The van der Waals surface area contributed by atoms with Gasteiger partial charge in [-0.15, -0.1) is 0 Å². The molecule has 0 saturated heterocycles. The van der Waals surface area contributed by atoms with Crippen LogP contribution in [0.5, 0.6) is 0 Å². The van der Waals surface area contributed by atoms with Crippen LogP contribution in [0.4, 0.5) is 5.82 Å². The predicted octanol–water partition coefficient (Wildman–Crippen LogP) is 1.71. The summed E-state index contributed by atoms with van der Waals surface area (Å²) >= 11 is 0. The number of nitrogens with zero attached hydrogens (tertiary/aromatic N) is 4. The molecular weight excluding hydrogens is 306 g/mol. The summed E-state index contributed by atoms with van der Waals surface area (Å²) in [6.45, 7) is 6.70. The average molecular weight is 331 g/mol. The van der Waals surface area contributed by atoms with Crippen molar-refractivity contribution < 1.29 is 9.21 Å². The lowest BCUT2D eigenvalue weighted by Gasteiger charge is -2.28. The first-order valence-corrected chi connectivity index (χ1v) is 8.17. The van der Waals surface area contributed by atoms with Crippen molar-refractivity contribution in [3.63, 3.8) is 0 Å². The Labute approximate surface area is 142 Å². The number of nitrogens with one attached hydrogen (secondary N) is 1. The molecule has 24 heavy (non-hydrogen) atoms. The maximum absolute atomic E-state index is 12.2. The van der Waals surface area contributed by atoms with Gasteiger partial charge in [0.1, 0.15) is 11.6 Å². The third-order valence-corrected chi connectivity index (χ3v) is 3.94. The first-order chi connectivity index (χ1) is 11.7. The number of rotatable bonds is 9. The lowest BCUT2D eigenvalue weighted by Crippen LogP contribution is -2.41. The van der Waals surface area contributed by atoms with Gasteiger partial charge in [0.25, 0.3) is 0 Å². The minimum atomic E-state index is -0.0631. The molecule has 0 radical (unpaired) electrons. The van der Waals surface area contributed by atoms with Crippen molar-refractivity contribution >= 4 is 11.7 Å². The van der Waals surface area contributed by atoms with Crippen molar-refractivity contribution in [3.05, 3.63) is 42.7 Å². The monoisotopic (exact) mass is 331 g/mol. The highest BCUT2D eigenvalue weighted by Gasteiger charge is 2.21. The van der Waals surface area contributed by atoms with E-state index in [1.165, 1.54) is 0 Å². The van der Waals surface area contributed by atoms with Gasteiger partial charge in [0.05, 0.1) is 25.0 Å². The van der Waals surface area contributed by atoms with Crippen LogP contribution < -0.4 is 10.2 Å². The summed E-state index contributed by atoms with van der Waals surface area (Å²) in [7, 11) is 1.82. The van der Waals surface area contributed by atoms with E-state index in [-0.39, 0.29) is 18.5 Å².